The second-order valence-electron chi connectivity index (χ2n) is 1.58. The van der Waals surface area contributed by atoms with Crippen LogP contribution in [0.4, 0.5) is 0 Å². The number of rotatable bonds is 1. The summed E-state index contributed by atoms with van der Waals surface area (Å²) >= 11 is 0. The summed E-state index contributed by atoms with van der Waals surface area (Å²) in [6.07, 6.45) is 0.808. The van der Waals surface area contributed by atoms with Crippen LogP contribution in [0.1, 0.15) is 13.8 Å². The molecule has 40 valence electrons. The maximum atomic E-state index is 9.85. The van der Waals surface area contributed by atoms with Crippen LogP contribution in [0.3, 0.4) is 0 Å². The molecular formula is C5H10NO+. The van der Waals surface area contributed by atoms with Gasteiger partial charge in [0, 0.05) is 12.5 Å². The number of allylic oxidation sites excluding steroid dienone is 2. The summed E-state index contributed by atoms with van der Waals surface area (Å²) in [5.41, 5.74) is 5.12. The van der Waals surface area contributed by atoms with Gasteiger partial charge in [0.05, 0.1) is 0 Å². The third-order valence-corrected chi connectivity index (χ3v) is 0.850. The lowest BCUT2D eigenvalue weighted by Crippen LogP contribution is -2.46. The Morgan fingerprint density at radius 1 is 1.57 bits per heavy atom. The Labute approximate surface area is 43.0 Å². The molecule has 0 bridgehead atoms. The number of carbonyl (C=O) groups is 1. The number of hydrogen-bond acceptors (Lipinski definition) is 1. The predicted molar refractivity (Wildman–Crippen MR) is 27.3 cm³/mol. The van der Waals surface area contributed by atoms with E-state index in [2.05, 4.69) is 5.73 Å². The summed E-state index contributed by atoms with van der Waals surface area (Å²) in [5, 5.41) is 0. The van der Waals surface area contributed by atoms with Gasteiger partial charge in [0.2, 0.25) is 0 Å². The molecule has 0 aliphatic rings. The van der Waals surface area contributed by atoms with E-state index in [0.717, 1.165) is 17.6 Å². The zero-order chi connectivity index (χ0) is 5.86. The van der Waals surface area contributed by atoms with Gasteiger partial charge in [0.15, 0.2) is 6.29 Å². The van der Waals surface area contributed by atoms with Crippen LogP contribution in [0, 0.1) is 0 Å². The van der Waals surface area contributed by atoms with Gasteiger partial charge < -0.3 is 5.73 Å². The Balaban J connectivity index is 3.98. The number of quaternary nitrogens is 1. The van der Waals surface area contributed by atoms with Crippen molar-refractivity contribution in [1.29, 1.82) is 0 Å². The van der Waals surface area contributed by atoms with Gasteiger partial charge in [-0.25, -0.2) is 0 Å². The average Bonchev–Trinajstić information content (AvgIpc) is 1.65. The Kier molecular flexibility index (Phi) is 2.30. The molecule has 0 heterocycles. The Hall–Kier alpha value is -0.630. The minimum Gasteiger partial charge on any atom is -0.329 e. The van der Waals surface area contributed by atoms with Crippen molar-refractivity contribution in [3.63, 3.8) is 0 Å². The first-order chi connectivity index (χ1) is 3.18. The average molecular weight is 100 g/mol. The molecule has 0 unspecified atom stereocenters. The topological polar surface area (TPSA) is 44.7 Å². The molecule has 0 saturated carbocycles. The minimum absolute atomic E-state index is 0.722. The van der Waals surface area contributed by atoms with Crippen LogP contribution in [-0.4, -0.2) is 6.29 Å². The van der Waals surface area contributed by atoms with Gasteiger partial charge in [-0.3, -0.25) is 4.79 Å². The molecule has 2 nitrogen and oxygen atoms in total. The molecule has 0 saturated heterocycles. The third kappa shape index (κ3) is 2.11. The van der Waals surface area contributed by atoms with E-state index in [4.69, 9.17) is 0 Å². The zero-order valence-electron chi connectivity index (χ0n) is 4.69. The molecule has 0 rings (SSSR count). The summed E-state index contributed by atoms with van der Waals surface area (Å²) < 4.78 is 0. The summed E-state index contributed by atoms with van der Waals surface area (Å²) in [4.78, 5) is 9.85. The normalized spacial score (nSPS) is 13.0. The van der Waals surface area contributed by atoms with Crippen LogP contribution in [0.2, 0.25) is 0 Å². The Bertz CT molecular complexity index is 101. The quantitative estimate of drug-likeness (QED) is 0.357. The van der Waals surface area contributed by atoms with Crippen LogP contribution in [0.15, 0.2) is 11.3 Å². The summed E-state index contributed by atoms with van der Waals surface area (Å²) in [6.45, 7) is 3.55. The second kappa shape index (κ2) is 2.53. The highest BCUT2D eigenvalue weighted by Crippen LogP contribution is 1.86. The number of hydrogen-bond donors (Lipinski definition) is 1. The van der Waals surface area contributed by atoms with Gasteiger partial charge in [0.25, 0.3) is 0 Å². The molecule has 2 heteroatoms. The zero-order valence-corrected chi connectivity index (χ0v) is 4.69. The lowest BCUT2D eigenvalue weighted by Gasteiger charge is -1.82. The van der Waals surface area contributed by atoms with E-state index in [1.165, 1.54) is 0 Å². The van der Waals surface area contributed by atoms with E-state index in [0.29, 0.717) is 0 Å². The highest BCUT2D eigenvalue weighted by molar-refractivity contribution is 5.72. The molecule has 0 aliphatic carbocycles. The molecule has 3 N–H and O–H groups in total. The molecule has 7 heavy (non-hydrogen) atoms. The van der Waals surface area contributed by atoms with E-state index in [1.54, 1.807) is 6.92 Å². The van der Waals surface area contributed by atoms with Gasteiger partial charge in [-0.05, 0) is 6.92 Å². The number of aldehydes is 1. The maximum Gasteiger partial charge on any atom is 0.151 e. The van der Waals surface area contributed by atoms with Crippen LogP contribution < -0.4 is 5.73 Å². The van der Waals surface area contributed by atoms with Crippen molar-refractivity contribution in [2.24, 2.45) is 0 Å². The fourth-order valence-electron chi connectivity index (χ4n) is 0.101. The minimum atomic E-state index is 0.722. The highest BCUT2D eigenvalue weighted by atomic mass is 16.1. The van der Waals surface area contributed by atoms with Crippen LogP contribution in [0.25, 0.3) is 0 Å². The van der Waals surface area contributed by atoms with Gasteiger partial charge >= 0.3 is 0 Å². The fraction of sp³-hybridized carbons (Fsp3) is 0.400. The Morgan fingerprint density at radius 3 is 2.00 bits per heavy atom. The molecule has 0 atom stereocenters. The first-order valence-corrected chi connectivity index (χ1v) is 2.13. The Morgan fingerprint density at radius 2 is 2.00 bits per heavy atom. The van der Waals surface area contributed by atoms with E-state index in [1.807, 2.05) is 6.92 Å². The lowest BCUT2D eigenvalue weighted by molar-refractivity contribution is -0.302. The van der Waals surface area contributed by atoms with Crippen molar-refractivity contribution in [3.8, 4) is 0 Å². The monoisotopic (exact) mass is 100 g/mol. The molecule has 0 aromatic carbocycles. The van der Waals surface area contributed by atoms with Crippen molar-refractivity contribution in [3.05, 3.63) is 11.3 Å². The molecule has 0 amide bonds. The predicted octanol–water partition coefficient (Wildman–Crippen LogP) is -0.279. The van der Waals surface area contributed by atoms with Crippen molar-refractivity contribution in [1.82, 2.24) is 0 Å². The van der Waals surface area contributed by atoms with E-state index >= 15 is 0 Å². The van der Waals surface area contributed by atoms with Crippen molar-refractivity contribution in [2.75, 3.05) is 0 Å². The fourth-order valence-corrected chi connectivity index (χ4v) is 0.101. The summed E-state index contributed by atoms with van der Waals surface area (Å²) in [5.74, 6) is 0. The van der Waals surface area contributed by atoms with Crippen molar-refractivity contribution in [2.45, 2.75) is 13.8 Å². The number of carbonyl (C=O) groups excluding carboxylic acids is 1. The van der Waals surface area contributed by atoms with Crippen LogP contribution in [0.5, 0.6) is 0 Å². The largest absolute Gasteiger partial charge is 0.329 e. The second-order valence-corrected chi connectivity index (χ2v) is 1.58. The first kappa shape index (κ1) is 6.37. The molecule has 0 aromatic heterocycles. The van der Waals surface area contributed by atoms with Gasteiger partial charge in [-0.2, -0.15) is 0 Å². The molecule has 0 fully saturated rings. The van der Waals surface area contributed by atoms with Crippen LogP contribution in [-0.2, 0) is 4.79 Å². The molecule has 0 spiro atoms. The smallest absolute Gasteiger partial charge is 0.151 e. The highest BCUT2D eigenvalue weighted by Gasteiger charge is 1.88. The van der Waals surface area contributed by atoms with Crippen LogP contribution >= 0.6 is 0 Å². The van der Waals surface area contributed by atoms with Gasteiger partial charge in [-0.1, -0.05) is 0 Å². The summed E-state index contributed by atoms with van der Waals surface area (Å²) in [7, 11) is 0. The van der Waals surface area contributed by atoms with Gasteiger partial charge in [0.1, 0.15) is 5.70 Å². The summed E-state index contributed by atoms with van der Waals surface area (Å²) in [6, 6.07) is 0. The molecule has 0 radical (unpaired) electrons. The first-order valence-electron chi connectivity index (χ1n) is 2.13. The molecule has 0 aromatic rings. The van der Waals surface area contributed by atoms with E-state index in [-0.39, 0.29) is 0 Å². The lowest BCUT2D eigenvalue weighted by atomic mass is 10.3. The maximum absolute atomic E-state index is 9.85. The van der Waals surface area contributed by atoms with Gasteiger partial charge in [-0.15, -0.1) is 0 Å². The van der Waals surface area contributed by atoms with E-state index in [9.17, 15) is 4.79 Å². The van der Waals surface area contributed by atoms with E-state index < -0.39 is 0 Å². The molecular weight excluding hydrogens is 90.1 g/mol. The molecule has 0 aliphatic heterocycles. The SMILES string of the molecule is CC([NH3+])=C(C)C=O. The third-order valence-electron chi connectivity index (χ3n) is 0.850. The van der Waals surface area contributed by atoms with Crippen molar-refractivity contribution >= 4 is 6.29 Å². The standard InChI is InChI=1S/C5H9NO/c1-4(3-7)5(2)6/h3H,6H2,1-2H3/p+1. The van der Waals surface area contributed by atoms with Crippen molar-refractivity contribution < 1.29 is 10.5 Å².